The molecule has 0 radical (unpaired) electrons. The van der Waals surface area contributed by atoms with E-state index < -0.39 is 0 Å². The van der Waals surface area contributed by atoms with E-state index in [0.29, 0.717) is 52.1 Å². The molecule has 0 unspecified atom stereocenters. The van der Waals surface area contributed by atoms with E-state index in [-0.39, 0.29) is 13.1 Å². The molecule has 0 spiro atoms. The first-order valence-corrected chi connectivity index (χ1v) is 7.53. The Morgan fingerprint density at radius 1 is 0.900 bits per heavy atom. The molecule has 122 valence electrons. The predicted molar refractivity (Wildman–Crippen MR) is 82.2 cm³/mol. The molecule has 0 bridgehead atoms. The Morgan fingerprint density at radius 2 is 1.40 bits per heavy atom. The molecule has 1 N–H and O–H groups in total. The van der Waals surface area contributed by atoms with E-state index in [0.717, 1.165) is 6.54 Å². The highest BCUT2D eigenvalue weighted by Gasteiger charge is 2.05. The van der Waals surface area contributed by atoms with Gasteiger partial charge in [-0.15, -0.1) is 0 Å². The molecular formula is C15H33NO4. The van der Waals surface area contributed by atoms with E-state index in [2.05, 4.69) is 19.2 Å². The molecule has 20 heavy (non-hydrogen) atoms. The van der Waals surface area contributed by atoms with E-state index in [1.807, 2.05) is 13.8 Å². The van der Waals surface area contributed by atoms with Gasteiger partial charge in [-0.05, 0) is 0 Å². The monoisotopic (exact) mass is 291 g/mol. The van der Waals surface area contributed by atoms with Crippen molar-refractivity contribution in [3.05, 3.63) is 0 Å². The SMILES string of the molecule is CC(C)NCCOCCOCCOCCC(=O)C(C)C.[HH]. The topological polar surface area (TPSA) is 56.8 Å². The molecule has 0 heterocycles. The van der Waals surface area contributed by atoms with Gasteiger partial charge in [-0.25, -0.2) is 0 Å². The van der Waals surface area contributed by atoms with Gasteiger partial charge in [0.1, 0.15) is 5.78 Å². The van der Waals surface area contributed by atoms with Crippen molar-refractivity contribution in [1.82, 2.24) is 5.32 Å². The van der Waals surface area contributed by atoms with Crippen LogP contribution in [0.1, 0.15) is 35.5 Å². The van der Waals surface area contributed by atoms with Gasteiger partial charge in [-0.2, -0.15) is 0 Å². The third-order valence-electron chi connectivity index (χ3n) is 2.68. The molecule has 0 amide bonds. The van der Waals surface area contributed by atoms with Crippen LogP contribution in [0.2, 0.25) is 0 Å². The number of ketones is 1. The second kappa shape index (κ2) is 13.5. The minimum atomic E-state index is 0. The van der Waals surface area contributed by atoms with Gasteiger partial charge < -0.3 is 19.5 Å². The summed E-state index contributed by atoms with van der Waals surface area (Å²) in [5.74, 6) is 0.339. The summed E-state index contributed by atoms with van der Waals surface area (Å²) >= 11 is 0. The Labute approximate surface area is 124 Å². The molecule has 0 aliphatic rings. The van der Waals surface area contributed by atoms with Crippen LogP contribution >= 0.6 is 0 Å². The molecular weight excluding hydrogens is 258 g/mol. The molecule has 0 rings (SSSR count). The fraction of sp³-hybridized carbons (Fsp3) is 0.933. The quantitative estimate of drug-likeness (QED) is 0.495. The second-order valence-corrected chi connectivity index (χ2v) is 5.32. The predicted octanol–water partition coefficient (Wildman–Crippen LogP) is 1.90. The normalized spacial score (nSPS) is 11.5. The number of carbonyl (C=O) groups is 1. The van der Waals surface area contributed by atoms with E-state index in [9.17, 15) is 4.79 Å². The van der Waals surface area contributed by atoms with Crippen molar-refractivity contribution >= 4 is 5.78 Å². The molecule has 0 fully saturated rings. The largest absolute Gasteiger partial charge is 0.379 e. The number of rotatable bonds is 14. The summed E-state index contributed by atoms with van der Waals surface area (Å²) < 4.78 is 16.1. The smallest absolute Gasteiger partial charge is 0.137 e. The lowest BCUT2D eigenvalue weighted by atomic mass is 10.1. The van der Waals surface area contributed by atoms with Crippen LogP contribution in [-0.2, 0) is 19.0 Å². The van der Waals surface area contributed by atoms with Gasteiger partial charge in [0.25, 0.3) is 0 Å². The summed E-state index contributed by atoms with van der Waals surface area (Å²) in [4.78, 5) is 11.3. The van der Waals surface area contributed by atoms with E-state index >= 15 is 0 Å². The molecule has 0 aromatic heterocycles. The first kappa shape index (κ1) is 19.5. The van der Waals surface area contributed by atoms with Crippen molar-refractivity contribution in [3.8, 4) is 0 Å². The second-order valence-electron chi connectivity index (χ2n) is 5.32. The Kier molecular flexibility index (Phi) is 13.2. The number of Topliss-reactive ketones (excluding diaryl/α,β-unsaturated/α-hetero) is 1. The fourth-order valence-corrected chi connectivity index (χ4v) is 1.42. The zero-order valence-corrected chi connectivity index (χ0v) is 13.4. The Morgan fingerprint density at radius 3 is 1.90 bits per heavy atom. The maximum absolute atomic E-state index is 11.3. The van der Waals surface area contributed by atoms with Crippen LogP contribution in [0.3, 0.4) is 0 Å². The van der Waals surface area contributed by atoms with Gasteiger partial charge in [0.05, 0.1) is 39.6 Å². The summed E-state index contributed by atoms with van der Waals surface area (Å²) in [5.41, 5.74) is 0. The Hall–Kier alpha value is -0.490. The number of hydrogen-bond donors (Lipinski definition) is 1. The van der Waals surface area contributed by atoms with Crippen LogP contribution in [0.15, 0.2) is 0 Å². The molecule has 0 aliphatic heterocycles. The van der Waals surface area contributed by atoms with Gasteiger partial charge in [0, 0.05) is 26.4 Å². The lowest BCUT2D eigenvalue weighted by Gasteiger charge is -2.09. The Bertz CT molecular complexity index is 238. The van der Waals surface area contributed by atoms with Crippen molar-refractivity contribution in [2.24, 2.45) is 5.92 Å². The van der Waals surface area contributed by atoms with Crippen molar-refractivity contribution in [2.45, 2.75) is 40.2 Å². The van der Waals surface area contributed by atoms with E-state index in [4.69, 9.17) is 14.2 Å². The number of ether oxygens (including phenoxy) is 3. The number of hydrogen-bond acceptors (Lipinski definition) is 5. The van der Waals surface area contributed by atoms with Gasteiger partial charge in [-0.1, -0.05) is 27.7 Å². The van der Waals surface area contributed by atoms with Crippen molar-refractivity contribution in [3.63, 3.8) is 0 Å². The third kappa shape index (κ3) is 13.9. The highest BCUT2D eigenvalue weighted by atomic mass is 16.5. The molecule has 0 saturated carbocycles. The highest BCUT2D eigenvalue weighted by Crippen LogP contribution is 1.98. The van der Waals surface area contributed by atoms with Crippen LogP contribution in [-0.4, -0.2) is 58.0 Å². The van der Waals surface area contributed by atoms with Crippen LogP contribution < -0.4 is 5.32 Å². The maximum atomic E-state index is 11.3. The third-order valence-corrected chi connectivity index (χ3v) is 2.68. The summed E-state index contributed by atoms with van der Waals surface area (Å²) in [6.45, 7) is 12.3. The Balaban J connectivity index is 0. The van der Waals surface area contributed by atoms with Crippen molar-refractivity contribution < 1.29 is 20.4 Å². The van der Waals surface area contributed by atoms with Crippen LogP contribution in [0.5, 0.6) is 0 Å². The lowest BCUT2D eigenvalue weighted by molar-refractivity contribution is -0.123. The molecule has 0 aliphatic carbocycles. The summed E-state index contributed by atoms with van der Waals surface area (Å²) in [6.07, 6.45) is 0.490. The van der Waals surface area contributed by atoms with Gasteiger partial charge in [0.2, 0.25) is 0 Å². The molecule has 5 nitrogen and oxygen atoms in total. The molecule has 5 heteroatoms. The standard InChI is InChI=1S/C15H31NO4.H2/c1-13(2)15(17)5-7-18-9-11-20-12-10-19-8-6-16-14(3)4;/h13-14,16H,5-12H2,1-4H3;1H. The number of nitrogens with one attached hydrogen (secondary N) is 1. The highest BCUT2D eigenvalue weighted by molar-refractivity contribution is 5.80. The summed E-state index contributed by atoms with van der Waals surface area (Å²) in [6, 6.07) is 0.495. The minimum absolute atomic E-state index is 0. The first-order chi connectivity index (χ1) is 9.54. The summed E-state index contributed by atoms with van der Waals surface area (Å²) in [7, 11) is 0. The fourth-order valence-electron chi connectivity index (χ4n) is 1.42. The molecule has 0 saturated heterocycles. The zero-order chi connectivity index (χ0) is 15.2. The van der Waals surface area contributed by atoms with Crippen molar-refractivity contribution in [2.75, 3.05) is 46.2 Å². The van der Waals surface area contributed by atoms with Crippen molar-refractivity contribution in [1.29, 1.82) is 0 Å². The average molecular weight is 291 g/mol. The summed E-state index contributed by atoms with van der Waals surface area (Å²) in [5, 5.41) is 3.27. The van der Waals surface area contributed by atoms with Gasteiger partial charge in [-0.3, -0.25) is 4.79 Å². The van der Waals surface area contributed by atoms with E-state index in [1.54, 1.807) is 0 Å². The molecule has 0 atom stereocenters. The zero-order valence-electron chi connectivity index (χ0n) is 13.4. The van der Waals surface area contributed by atoms with Crippen LogP contribution in [0.25, 0.3) is 0 Å². The minimum Gasteiger partial charge on any atom is -0.379 e. The maximum Gasteiger partial charge on any atom is 0.137 e. The molecule has 0 aromatic carbocycles. The first-order valence-electron chi connectivity index (χ1n) is 7.53. The number of carbonyl (C=O) groups excluding carboxylic acids is 1. The average Bonchev–Trinajstić information content (AvgIpc) is 2.39. The van der Waals surface area contributed by atoms with Crippen LogP contribution in [0.4, 0.5) is 0 Å². The van der Waals surface area contributed by atoms with E-state index in [1.165, 1.54) is 0 Å². The van der Waals surface area contributed by atoms with Crippen LogP contribution in [0, 0.1) is 5.92 Å². The van der Waals surface area contributed by atoms with Gasteiger partial charge >= 0.3 is 0 Å². The van der Waals surface area contributed by atoms with Gasteiger partial charge in [0.15, 0.2) is 0 Å². The lowest BCUT2D eigenvalue weighted by Crippen LogP contribution is -2.27. The molecule has 0 aromatic rings.